The first-order valence-electron chi connectivity index (χ1n) is 4.07. The molecule has 0 aromatic rings. The molecular weight excluding hydrogens is 158 g/mol. The van der Waals surface area contributed by atoms with Crippen molar-refractivity contribution in [2.45, 2.75) is 25.8 Å². The summed E-state index contributed by atoms with van der Waals surface area (Å²) in [6.07, 6.45) is 1.02. The molecule has 4 heteroatoms. The van der Waals surface area contributed by atoms with Gasteiger partial charge < -0.3 is 15.2 Å². The van der Waals surface area contributed by atoms with Crippen LogP contribution in [0.2, 0.25) is 0 Å². The Morgan fingerprint density at radius 2 is 2.17 bits per heavy atom. The first-order chi connectivity index (χ1) is 5.66. The van der Waals surface area contributed by atoms with Crippen LogP contribution in [0.15, 0.2) is 0 Å². The molecule has 0 aliphatic heterocycles. The highest BCUT2D eigenvalue weighted by Gasteiger charge is 2.04. The van der Waals surface area contributed by atoms with Crippen LogP contribution in [-0.4, -0.2) is 32.3 Å². The van der Waals surface area contributed by atoms with Gasteiger partial charge in [0.2, 0.25) is 0 Å². The van der Waals surface area contributed by atoms with E-state index in [0.29, 0.717) is 13.2 Å². The molecule has 1 atom stereocenters. The normalized spacial score (nSPS) is 12.6. The van der Waals surface area contributed by atoms with Gasteiger partial charge in [-0.05, 0) is 6.92 Å². The zero-order valence-corrected chi connectivity index (χ0v) is 7.71. The Balaban J connectivity index is 3.20. The Morgan fingerprint density at radius 3 is 2.67 bits per heavy atom. The standard InChI is InChI=1S/C8H17NO3/c1-7(9)6-8(10)12-5-3-4-11-2/h7H,3-6,9H2,1-2H3. The summed E-state index contributed by atoms with van der Waals surface area (Å²) < 4.78 is 9.64. The van der Waals surface area contributed by atoms with Crippen molar-refractivity contribution in [2.24, 2.45) is 5.73 Å². The van der Waals surface area contributed by atoms with Crippen molar-refractivity contribution in [1.29, 1.82) is 0 Å². The van der Waals surface area contributed by atoms with E-state index in [1.54, 1.807) is 14.0 Å². The largest absolute Gasteiger partial charge is 0.466 e. The molecule has 0 fully saturated rings. The van der Waals surface area contributed by atoms with Gasteiger partial charge in [-0.3, -0.25) is 4.79 Å². The Morgan fingerprint density at radius 1 is 1.50 bits per heavy atom. The van der Waals surface area contributed by atoms with Crippen LogP contribution in [0.4, 0.5) is 0 Å². The Hall–Kier alpha value is -0.610. The quantitative estimate of drug-likeness (QED) is 0.466. The average Bonchev–Trinajstić information content (AvgIpc) is 1.97. The van der Waals surface area contributed by atoms with E-state index in [-0.39, 0.29) is 18.4 Å². The highest BCUT2D eigenvalue weighted by molar-refractivity contribution is 5.69. The molecule has 0 aliphatic rings. The lowest BCUT2D eigenvalue weighted by Gasteiger charge is -2.05. The number of nitrogens with two attached hydrogens (primary N) is 1. The second-order valence-corrected chi connectivity index (χ2v) is 2.75. The first-order valence-corrected chi connectivity index (χ1v) is 4.07. The molecule has 0 aromatic heterocycles. The number of methoxy groups -OCH3 is 1. The van der Waals surface area contributed by atoms with Crippen LogP contribution in [0, 0.1) is 0 Å². The van der Waals surface area contributed by atoms with Gasteiger partial charge in [-0.2, -0.15) is 0 Å². The topological polar surface area (TPSA) is 61.5 Å². The molecule has 72 valence electrons. The summed E-state index contributed by atoms with van der Waals surface area (Å²) >= 11 is 0. The lowest BCUT2D eigenvalue weighted by Crippen LogP contribution is -2.21. The Kier molecular flexibility index (Phi) is 6.70. The molecule has 0 saturated carbocycles. The Bertz CT molecular complexity index is 125. The number of hydrogen-bond acceptors (Lipinski definition) is 4. The van der Waals surface area contributed by atoms with Gasteiger partial charge in [-0.1, -0.05) is 0 Å². The third-order valence-electron chi connectivity index (χ3n) is 1.24. The van der Waals surface area contributed by atoms with E-state index in [1.807, 2.05) is 0 Å². The van der Waals surface area contributed by atoms with Crippen molar-refractivity contribution in [3.05, 3.63) is 0 Å². The van der Waals surface area contributed by atoms with Gasteiger partial charge in [-0.25, -0.2) is 0 Å². The summed E-state index contributed by atoms with van der Waals surface area (Å²) in [5.74, 6) is -0.235. The van der Waals surface area contributed by atoms with Gasteiger partial charge in [0.25, 0.3) is 0 Å². The highest BCUT2D eigenvalue weighted by atomic mass is 16.5. The SMILES string of the molecule is COCCCOC(=O)CC(C)N. The lowest BCUT2D eigenvalue weighted by molar-refractivity contribution is -0.144. The van der Waals surface area contributed by atoms with E-state index in [4.69, 9.17) is 15.2 Å². The zero-order valence-electron chi connectivity index (χ0n) is 7.71. The summed E-state index contributed by atoms with van der Waals surface area (Å²) in [5, 5.41) is 0. The zero-order chi connectivity index (χ0) is 9.40. The van der Waals surface area contributed by atoms with E-state index in [1.165, 1.54) is 0 Å². The van der Waals surface area contributed by atoms with Crippen molar-refractivity contribution in [3.8, 4) is 0 Å². The van der Waals surface area contributed by atoms with E-state index in [2.05, 4.69) is 0 Å². The Labute approximate surface area is 73.0 Å². The molecule has 0 aliphatic carbocycles. The molecule has 2 N–H and O–H groups in total. The molecule has 0 bridgehead atoms. The van der Waals surface area contributed by atoms with Gasteiger partial charge in [0.15, 0.2) is 0 Å². The maximum atomic E-state index is 10.9. The molecule has 0 radical (unpaired) electrons. The predicted octanol–water partition coefficient (Wildman–Crippen LogP) is 0.303. The molecule has 0 rings (SSSR count). The number of carbonyl (C=O) groups is 1. The van der Waals surface area contributed by atoms with Crippen LogP contribution >= 0.6 is 0 Å². The van der Waals surface area contributed by atoms with Gasteiger partial charge >= 0.3 is 5.97 Å². The van der Waals surface area contributed by atoms with Crippen LogP contribution in [-0.2, 0) is 14.3 Å². The fourth-order valence-corrected chi connectivity index (χ4v) is 0.711. The molecule has 0 aromatic carbocycles. The molecule has 0 spiro atoms. The van der Waals surface area contributed by atoms with E-state index < -0.39 is 0 Å². The number of rotatable bonds is 6. The third kappa shape index (κ3) is 7.50. The summed E-state index contributed by atoms with van der Waals surface area (Å²) in [7, 11) is 1.61. The first kappa shape index (κ1) is 11.4. The average molecular weight is 175 g/mol. The summed E-state index contributed by atoms with van der Waals surface area (Å²) in [6.45, 7) is 2.81. The van der Waals surface area contributed by atoms with Crippen molar-refractivity contribution < 1.29 is 14.3 Å². The minimum Gasteiger partial charge on any atom is -0.466 e. The lowest BCUT2D eigenvalue weighted by atomic mass is 10.2. The highest BCUT2D eigenvalue weighted by Crippen LogP contribution is 1.92. The number of ether oxygens (including phenoxy) is 2. The van der Waals surface area contributed by atoms with Crippen LogP contribution in [0.25, 0.3) is 0 Å². The molecule has 12 heavy (non-hydrogen) atoms. The van der Waals surface area contributed by atoms with Crippen LogP contribution < -0.4 is 5.73 Å². The molecule has 0 amide bonds. The van der Waals surface area contributed by atoms with Crippen molar-refractivity contribution in [3.63, 3.8) is 0 Å². The maximum Gasteiger partial charge on any atom is 0.307 e. The number of hydrogen-bond donors (Lipinski definition) is 1. The van der Waals surface area contributed by atoms with Crippen molar-refractivity contribution in [2.75, 3.05) is 20.3 Å². The summed E-state index contributed by atoms with van der Waals surface area (Å²) in [5.41, 5.74) is 5.40. The van der Waals surface area contributed by atoms with Crippen LogP contribution in [0.5, 0.6) is 0 Å². The second-order valence-electron chi connectivity index (χ2n) is 2.75. The predicted molar refractivity (Wildman–Crippen MR) is 45.7 cm³/mol. The molecular formula is C8H17NO3. The van der Waals surface area contributed by atoms with Gasteiger partial charge in [0.05, 0.1) is 13.0 Å². The second kappa shape index (κ2) is 7.06. The van der Waals surface area contributed by atoms with Crippen LogP contribution in [0.3, 0.4) is 0 Å². The fourth-order valence-electron chi connectivity index (χ4n) is 0.711. The van der Waals surface area contributed by atoms with Crippen molar-refractivity contribution in [1.82, 2.24) is 0 Å². The van der Waals surface area contributed by atoms with E-state index in [9.17, 15) is 4.79 Å². The minimum atomic E-state index is -0.235. The monoisotopic (exact) mass is 175 g/mol. The third-order valence-corrected chi connectivity index (χ3v) is 1.24. The fraction of sp³-hybridized carbons (Fsp3) is 0.875. The van der Waals surface area contributed by atoms with E-state index >= 15 is 0 Å². The summed E-state index contributed by atoms with van der Waals surface area (Å²) in [6, 6.07) is -0.125. The van der Waals surface area contributed by atoms with Gasteiger partial charge in [0.1, 0.15) is 0 Å². The van der Waals surface area contributed by atoms with Gasteiger partial charge in [0, 0.05) is 26.2 Å². The number of esters is 1. The van der Waals surface area contributed by atoms with Gasteiger partial charge in [-0.15, -0.1) is 0 Å². The molecule has 0 heterocycles. The molecule has 0 saturated heterocycles. The number of carbonyl (C=O) groups excluding carboxylic acids is 1. The minimum absolute atomic E-state index is 0.125. The van der Waals surface area contributed by atoms with Crippen molar-refractivity contribution >= 4 is 5.97 Å². The van der Waals surface area contributed by atoms with E-state index in [0.717, 1.165) is 6.42 Å². The smallest absolute Gasteiger partial charge is 0.307 e. The maximum absolute atomic E-state index is 10.9. The summed E-state index contributed by atoms with van der Waals surface area (Å²) in [4.78, 5) is 10.9. The van der Waals surface area contributed by atoms with Crippen LogP contribution in [0.1, 0.15) is 19.8 Å². The molecule has 4 nitrogen and oxygen atoms in total. The molecule has 1 unspecified atom stereocenters.